The van der Waals surface area contributed by atoms with Crippen LogP contribution in [0.2, 0.25) is 0 Å². The van der Waals surface area contributed by atoms with Gasteiger partial charge in [-0.15, -0.1) is 0 Å². The fourth-order valence-electron chi connectivity index (χ4n) is 2.09. The summed E-state index contributed by atoms with van der Waals surface area (Å²) >= 11 is 0. The lowest BCUT2D eigenvalue weighted by molar-refractivity contribution is 0.356. The number of nitrogens with one attached hydrogen (secondary N) is 1. The molecule has 0 bridgehead atoms. The minimum absolute atomic E-state index is 0.0123. The van der Waals surface area contributed by atoms with Gasteiger partial charge >= 0.3 is 0 Å². The molecule has 0 amide bonds. The van der Waals surface area contributed by atoms with Gasteiger partial charge in [-0.1, -0.05) is 17.7 Å². The van der Waals surface area contributed by atoms with Crippen LogP contribution in [0.1, 0.15) is 31.9 Å². The summed E-state index contributed by atoms with van der Waals surface area (Å²) in [4.78, 5) is 0. The summed E-state index contributed by atoms with van der Waals surface area (Å²) in [6, 6.07) is 6.49. The van der Waals surface area contributed by atoms with E-state index in [1.807, 2.05) is 11.7 Å². The van der Waals surface area contributed by atoms with Gasteiger partial charge in [0, 0.05) is 18.8 Å². The first-order chi connectivity index (χ1) is 8.82. The molecule has 0 aliphatic rings. The van der Waals surface area contributed by atoms with Gasteiger partial charge in [0.2, 0.25) is 0 Å². The van der Waals surface area contributed by atoms with E-state index in [1.165, 1.54) is 16.7 Å². The summed E-state index contributed by atoms with van der Waals surface area (Å²) in [5.74, 6) is 0. The van der Waals surface area contributed by atoms with Gasteiger partial charge in [-0.2, -0.15) is 5.10 Å². The Morgan fingerprint density at radius 3 is 2.42 bits per heavy atom. The maximum Gasteiger partial charge on any atom is 0.116 e. The third kappa shape index (κ3) is 2.65. The van der Waals surface area contributed by atoms with Gasteiger partial charge < -0.3 is 5.32 Å². The normalized spacial score (nSPS) is 11.7. The van der Waals surface area contributed by atoms with Crippen LogP contribution >= 0.6 is 0 Å². The van der Waals surface area contributed by atoms with Crippen LogP contribution in [0.5, 0.6) is 0 Å². The Morgan fingerprint density at radius 2 is 1.84 bits per heavy atom. The highest BCUT2D eigenvalue weighted by atomic mass is 15.3. The minimum atomic E-state index is -0.0123. The monoisotopic (exact) mass is 257 g/mol. The molecule has 0 atom stereocenters. The van der Waals surface area contributed by atoms with Crippen molar-refractivity contribution in [2.75, 3.05) is 12.4 Å². The molecule has 1 N–H and O–H groups in total. The van der Waals surface area contributed by atoms with Crippen molar-refractivity contribution in [2.45, 2.75) is 40.2 Å². The predicted octanol–water partition coefficient (Wildman–Crippen LogP) is 3.96. The molecule has 3 heteroatoms. The quantitative estimate of drug-likeness (QED) is 0.882. The molecule has 0 spiro atoms. The first-order valence-electron chi connectivity index (χ1n) is 6.68. The maximum absolute atomic E-state index is 4.78. The molecule has 1 heterocycles. The summed E-state index contributed by atoms with van der Waals surface area (Å²) in [7, 11) is 1.94. The average molecular weight is 257 g/mol. The maximum atomic E-state index is 4.78. The lowest BCUT2D eigenvalue weighted by Gasteiger charge is -2.18. The lowest BCUT2D eigenvalue weighted by Crippen LogP contribution is -2.22. The van der Waals surface area contributed by atoms with E-state index in [1.54, 1.807) is 0 Å². The van der Waals surface area contributed by atoms with E-state index >= 15 is 0 Å². The molecule has 102 valence electrons. The van der Waals surface area contributed by atoms with Crippen molar-refractivity contribution in [3.05, 3.63) is 35.5 Å². The molecule has 0 radical (unpaired) electrons. The van der Waals surface area contributed by atoms with E-state index in [-0.39, 0.29) is 5.54 Å². The van der Waals surface area contributed by atoms with Gasteiger partial charge in [0.05, 0.1) is 11.2 Å². The minimum Gasteiger partial charge on any atom is -0.385 e. The fourth-order valence-corrected chi connectivity index (χ4v) is 2.09. The Labute approximate surface area is 115 Å². The van der Waals surface area contributed by atoms with Gasteiger partial charge in [0.15, 0.2) is 0 Å². The Morgan fingerprint density at radius 1 is 1.16 bits per heavy atom. The van der Waals surface area contributed by atoms with E-state index < -0.39 is 0 Å². The fraction of sp³-hybridized carbons (Fsp3) is 0.438. The van der Waals surface area contributed by atoms with Gasteiger partial charge in [0.1, 0.15) is 5.69 Å². The second-order valence-electron chi connectivity index (χ2n) is 6.08. The highest BCUT2D eigenvalue weighted by Crippen LogP contribution is 2.31. The summed E-state index contributed by atoms with van der Waals surface area (Å²) in [6.07, 6.45) is 2.08. The van der Waals surface area contributed by atoms with E-state index in [0.29, 0.717) is 0 Å². The highest BCUT2D eigenvalue weighted by molar-refractivity contribution is 5.76. The molecular weight excluding hydrogens is 234 g/mol. The smallest absolute Gasteiger partial charge is 0.116 e. The molecular formula is C16H23N3. The number of rotatable bonds is 2. The SMILES string of the molecule is CNc1cn(C(C)(C)C)nc1-c1cc(C)ccc1C. The molecule has 0 aliphatic carbocycles. The summed E-state index contributed by atoms with van der Waals surface area (Å²) < 4.78 is 2.02. The van der Waals surface area contributed by atoms with Crippen LogP contribution in [0.3, 0.4) is 0 Å². The third-order valence-electron chi connectivity index (χ3n) is 3.32. The Balaban J connectivity index is 2.61. The molecule has 0 saturated carbocycles. The number of hydrogen-bond donors (Lipinski definition) is 1. The van der Waals surface area contributed by atoms with Gasteiger partial charge in [-0.3, -0.25) is 4.68 Å². The zero-order valence-corrected chi connectivity index (χ0v) is 12.7. The molecule has 0 saturated heterocycles. The topological polar surface area (TPSA) is 29.9 Å². The van der Waals surface area contributed by atoms with Crippen molar-refractivity contribution in [1.29, 1.82) is 0 Å². The average Bonchev–Trinajstić information content (AvgIpc) is 2.76. The van der Waals surface area contributed by atoms with Crippen LogP contribution in [-0.4, -0.2) is 16.8 Å². The molecule has 19 heavy (non-hydrogen) atoms. The van der Waals surface area contributed by atoms with Gasteiger partial charge in [-0.05, 0) is 46.2 Å². The van der Waals surface area contributed by atoms with Crippen molar-refractivity contribution in [3.63, 3.8) is 0 Å². The first kappa shape index (κ1) is 13.7. The Kier molecular flexibility index (Phi) is 3.40. The van der Waals surface area contributed by atoms with Gasteiger partial charge in [0.25, 0.3) is 0 Å². The van der Waals surface area contributed by atoms with E-state index in [0.717, 1.165) is 11.4 Å². The number of hydrogen-bond acceptors (Lipinski definition) is 2. The molecule has 2 rings (SSSR count). The summed E-state index contributed by atoms with van der Waals surface area (Å²) in [6.45, 7) is 10.7. The zero-order valence-electron chi connectivity index (χ0n) is 12.7. The van der Waals surface area contributed by atoms with Crippen LogP contribution in [-0.2, 0) is 5.54 Å². The van der Waals surface area contributed by atoms with Crippen LogP contribution in [0.25, 0.3) is 11.3 Å². The van der Waals surface area contributed by atoms with E-state index in [4.69, 9.17) is 5.10 Å². The van der Waals surface area contributed by atoms with Gasteiger partial charge in [-0.25, -0.2) is 0 Å². The standard InChI is InChI=1S/C16H23N3/c1-11-7-8-12(2)13(9-11)15-14(17-6)10-19(18-15)16(3,4)5/h7-10,17H,1-6H3. The summed E-state index contributed by atoms with van der Waals surface area (Å²) in [5, 5.41) is 8.03. The molecule has 0 fully saturated rings. The predicted molar refractivity (Wildman–Crippen MR) is 81.7 cm³/mol. The molecule has 3 nitrogen and oxygen atoms in total. The number of aromatic nitrogens is 2. The number of anilines is 1. The van der Waals surface area contributed by atoms with Crippen LogP contribution in [0.4, 0.5) is 5.69 Å². The first-order valence-corrected chi connectivity index (χ1v) is 6.68. The second kappa shape index (κ2) is 4.72. The summed E-state index contributed by atoms with van der Waals surface area (Å²) in [5.41, 5.74) is 5.80. The second-order valence-corrected chi connectivity index (χ2v) is 6.08. The van der Waals surface area contributed by atoms with Crippen molar-refractivity contribution in [2.24, 2.45) is 0 Å². The highest BCUT2D eigenvalue weighted by Gasteiger charge is 2.19. The number of benzene rings is 1. The molecule has 0 aliphatic heterocycles. The van der Waals surface area contributed by atoms with Crippen molar-refractivity contribution in [1.82, 2.24) is 9.78 Å². The third-order valence-corrected chi connectivity index (χ3v) is 3.32. The number of aryl methyl sites for hydroxylation is 2. The van der Waals surface area contributed by atoms with Crippen molar-refractivity contribution < 1.29 is 0 Å². The lowest BCUT2D eigenvalue weighted by atomic mass is 10.0. The van der Waals surface area contributed by atoms with Crippen LogP contribution < -0.4 is 5.32 Å². The molecule has 0 unspecified atom stereocenters. The van der Waals surface area contributed by atoms with E-state index in [9.17, 15) is 0 Å². The molecule has 1 aromatic carbocycles. The Hall–Kier alpha value is -1.77. The van der Waals surface area contributed by atoms with Crippen molar-refractivity contribution >= 4 is 5.69 Å². The number of nitrogens with zero attached hydrogens (tertiary/aromatic N) is 2. The molecule has 1 aromatic heterocycles. The van der Waals surface area contributed by atoms with Crippen LogP contribution in [0.15, 0.2) is 24.4 Å². The Bertz CT molecular complexity index is 589. The zero-order chi connectivity index (χ0) is 14.2. The largest absolute Gasteiger partial charge is 0.385 e. The molecule has 2 aromatic rings. The van der Waals surface area contributed by atoms with Crippen molar-refractivity contribution in [3.8, 4) is 11.3 Å². The van der Waals surface area contributed by atoms with Crippen LogP contribution in [0, 0.1) is 13.8 Å². The van der Waals surface area contributed by atoms with E-state index in [2.05, 4.69) is 64.3 Å².